The van der Waals surface area contributed by atoms with Crippen LogP contribution in [-0.4, -0.2) is 23.1 Å². The maximum atomic E-state index is 12.6. The minimum absolute atomic E-state index is 0.247. The van der Waals surface area contributed by atoms with Crippen LogP contribution in [0.3, 0.4) is 0 Å². The van der Waals surface area contributed by atoms with Crippen molar-refractivity contribution in [3.05, 3.63) is 35.9 Å². The van der Waals surface area contributed by atoms with Gasteiger partial charge in [-0.25, -0.2) is 0 Å². The van der Waals surface area contributed by atoms with Crippen LogP contribution < -0.4 is 0 Å². The molecule has 4 aliphatic carbocycles. The molecule has 1 aromatic carbocycles. The molecule has 1 atom stereocenters. The summed E-state index contributed by atoms with van der Waals surface area (Å²) in [5, 5.41) is 0.247. The molecule has 1 aromatic rings. The lowest BCUT2D eigenvalue weighted by Gasteiger charge is -2.58. The summed E-state index contributed by atoms with van der Waals surface area (Å²) >= 11 is 1.82. The molecule has 0 aromatic heterocycles. The number of thioether (sulfide) groups is 1. The molecular weight excluding hydrogens is 302 g/mol. The van der Waals surface area contributed by atoms with Crippen LogP contribution in [0.25, 0.3) is 0 Å². The van der Waals surface area contributed by atoms with Crippen LogP contribution in [0.5, 0.6) is 0 Å². The maximum absolute atomic E-state index is 12.6. The van der Waals surface area contributed by atoms with E-state index in [4.69, 9.17) is 0 Å². The van der Waals surface area contributed by atoms with Crippen molar-refractivity contribution in [1.82, 2.24) is 4.90 Å². The Morgan fingerprint density at radius 2 is 1.61 bits per heavy atom. The van der Waals surface area contributed by atoms with Gasteiger partial charge in [-0.1, -0.05) is 30.3 Å². The summed E-state index contributed by atoms with van der Waals surface area (Å²) in [5.74, 6) is 3.90. The number of rotatable bonds is 3. The standard InChI is InChI=1S/C20H25NOS/c22-18-12-23-19(17-4-2-1-3-5-17)21(18)13-20-9-14-6-15(10-20)8-16(7-14)11-20/h1-5,14-16,19H,6-13H2. The molecule has 1 aliphatic heterocycles. The zero-order valence-electron chi connectivity index (χ0n) is 13.6. The van der Waals surface area contributed by atoms with E-state index < -0.39 is 0 Å². The summed E-state index contributed by atoms with van der Waals surface area (Å²) in [6.07, 6.45) is 8.58. The minimum Gasteiger partial charge on any atom is -0.325 e. The van der Waals surface area contributed by atoms with Crippen molar-refractivity contribution in [3.8, 4) is 0 Å². The van der Waals surface area contributed by atoms with Gasteiger partial charge in [-0.05, 0) is 67.3 Å². The van der Waals surface area contributed by atoms with Gasteiger partial charge in [0.05, 0.1) is 5.75 Å². The zero-order chi connectivity index (χ0) is 15.4. The first kappa shape index (κ1) is 14.4. The summed E-state index contributed by atoms with van der Waals surface area (Å²) in [7, 11) is 0. The van der Waals surface area contributed by atoms with Crippen molar-refractivity contribution in [2.45, 2.75) is 43.9 Å². The summed E-state index contributed by atoms with van der Waals surface area (Å²) in [4.78, 5) is 14.8. The summed E-state index contributed by atoms with van der Waals surface area (Å²) in [6.45, 7) is 1.02. The fourth-order valence-electron chi connectivity index (χ4n) is 6.36. The minimum atomic E-state index is 0.247. The van der Waals surface area contributed by atoms with Crippen LogP contribution in [0.4, 0.5) is 0 Å². The van der Waals surface area contributed by atoms with E-state index in [0.717, 1.165) is 24.3 Å². The van der Waals surface area contributed by atoms with Gasteiger partial charge >= 0.3 is 0 Å². The smallest absolute Gasteiger partial charge is 0.233 e. The van der Waals surface area contributed by atoms with Crippen LogP contribution in [0.1, 0.15) is 49.5 Å². The molecule has 5 aliphatic rings. The summed E-state index contributed by atoms with van der Waals surface area (Å²) in [6, 6.07) is 10.6. The molecule has 122 valence electrons. The average Bonchev–Trinajstić information content (AvgIpc) is 2.87. The monoisotopic (exact) mass is 327 g/mol. The molecule has 1 unspecified atom stereocenters. The van der Waals surface area contributed by atoms with Crippen LogP contribution >= 0.6 is 11.8 Å². The quantitative estimate of drug-likeness (QED) is 0.816. The van der Waals surface area contributed by atoms with Gasteiger partial charge < -0.3 is 4.90 Å². The van der Waals surface area contributed by atoms with E-state index in [1.807, 2.05) is 11.8 Å². The van der Waals surface area contributed by atoms with Crippen LogP contribution in [0.15, 0.2) is 30.3 Å². The molecular formula is C20H25NOS. The highest BCUT2D eigenvalue weighted by Gasteiger charge is 2.52. The Balaban J connectivity index is 1.41. The van der Waals surface area contributed by atoms with E-state index in [-0.39, 0.29) is 5.37 Å². The van der Waals surface area contributed by atoms with Crippen molar-refractivity contribution in [3.63, 3.8) is 0 Å². The zero-order valence-corrected chi connectivity index (χ0v) is 14.4. The predicted octanol–water partition coefficient (Wildman–Crippen LogP) is 4.48. The number of nitrogens with zero attached hydrogens (tertiary/aromatic N) is 1. The second-order valence-electron chi connectivity index (χ2n) is 8.51. The van der Waals surface area contributed by atoms with Crippen molar-refractivity contribution >= 4 is 17.7 Å². The third-order valence-corrected chi connectivity index (χ3v) is 7.98. The first-order chi connectivity index (χ1) is 11.2. The number of carbonyl (C=O) groups is 1. The SMILES string of the molecule is O=C1CSC(c2ccccc2)N1CC12CC3CC(CC(C3)C1)C2. The lowest BCUT2D eigenvalue weighted by Crippen LogP contribution is -2.51. The average molecular weight is 327 g/mol. The molecule has 0 spiro atoms. The molecule has 4 saturated carbocycles. The van der Waals surface area contributed by atoms with E-state index in [2.05, 4.69) is 35.2 Å². The topological polar surface area (TPSA) is 20.3 Å². The van der Waals surface area contributed by atoms with Gasteiger partial charge in [0.25, 0.3) is 0 Å². The molecule has 23 heavy (non-hydrogen) atoms. The van der Waals surface area contributed by atoms with Gasteiger partial charge in [0.15, 0.2) is 0 Å². The second-order valence-corrected chi connectivity index (χ2v) is 9.58. The Labute approximate surface area is 143 Å². The van der Waals surface area contributed by atoms with Gasteiger partial charge in [-0.2, -0.15) is 0 Å². The molecule has 3 heteroatoms. The first-order valence-electron chi connectivity index (χ1n) is 9.17. The Kier molecular flexibility index (Phi) is 3.30. The summed E-state index contributed by atoms with van der Waals surface area (Å²) < 4.78 is 0. The Morgan fingerprint density at radius 3 is 2.22 bits per heavy atom. The van der Waals surface area contributed by atoms with Crippen molar-refractivity contribution < 1.29 is 4.79 Å². The van der Waals surface area contributed by atoms with E-state index in [0.29, 0.717) is 17.1 Å². The van der Waals surface area contributed by atoms with Gasteiger partial charge in [0.1, 0.15) is 5.37 Å². The molecule has 5 fully saturated rings. The number of hydrogen-bond donors (Lipinski definition) is 0. The lowest BCUT2D eigenvalue weighted by molar-refractivity contribution is -0.134. The van der Waals surface area contributed by atoms with Gasteiger partial charge in [-0.3, -0.25) is 4.79 Å². The number of benzene rings is 1. The van der Waals surface area contributed by atoms with Gasteiger partial charge in [0, 0.05) is 6.54 Å². The Morgan fingerprint density at radius 1 is 1.00 bits per heavy atom. The third kappa shape index (κ3) is 2.43. The van der Waals surface area contributed by atoms with E-state index in [9.17, 15) is 4.79 Å². The van der Waals surface area contributed by atoms with E-state index in [1.165, 1.54) is 44.1 Å². The van der Waals surface area contributed by atoms with E-state index in [1.54, 1.807) is 0 Å². The second kappa shape index (κ2) is 5.27. The van der Waals surface area contributed by atoms with Crippen molar-refractivity contribution in [1.29, 1.82) is 0 Å². The fraction of sp³-hybridized carbons (Fsp3) is 0.650. The van der Waals surface area contributed by atoms with Gasteiger partial charge in [-0.15, -0.1) is 11.8 Å². The molecule has 4 bridgehead atoms. The van der Waals surface area contributed by atoms with Crippen LogP contribution in [-0.2, 0) is 4.79 Å². The predicted molar refractivity (Wildman–Crippen MR) is 94.0 cm³/mol. The fourth-order valence-corrected chi connectivity index (χ4v) is 7.55. The largest absolute Gasteiger partial charge is 0.325 e. The molecule has 0 N–H and O–H groups in total. The number of amides is 1. The lowest BCUT2D eigenvalue weighted by atomic mass is 9.49. The highest BCUT2D eigenvalue weighted by atomic mass is 32.2. The Bertz CT molecular complexity index is 578. The molecule has 0 radical (unpaired) electrons. The highest BCUT2D eigenvalue weighted by molar-refractivity contribution is 8.00. The number of carbonyl (C=O) groups excluding carboxylic acids is 1. The number of hydrogen-bond acceptors (Lipinski definition) is 2. The molecule has 1 saturated heterocycles. The van der Waals surface area contributed by atoms with Crippen LogP contribution in [0, 0.1) is 23.2 Å². The van der Waals surface area contributed by atoms with Crippen molar-refractivity contribution in [2.75, 3.05) is 12.3 Å². The van der Waals surface area contributed by atoms with Gasteiger partial charge in [0.2, 0.25) is 5.91 Å². The summed E-state index contributed by atoms with van der Waals surface area (Å²) in [5.41, 5.74) is 1.75. The first-order valence-corrected chi connectivity index (χ1v) is 10.2. The highest BCUT2D eigenvalue weighted by Crippen LogP contribution is 2.61. The van der Waals surface area contributed by atoms with Crippen molar-refractivity contribution in [2.24, 2.45) is 23.2 Å². The molecule has 1 heterocycles. The van der Waals surface area contributed by atoms with E-state index >= 15 is 0 Å². The Hall–Kier alpha value is -0.960. The molecule has 6 rings (SSSR count). The molecule has 2 nitrogen and oxygen atoms in total. The third-order valence-electron chi connectivity index (χ3n) is 6.72. The maximum Gasteiger partial charge on any atom is 0.233 e. The van der Waals surface area contributed by atoms with Crippen LogP contribution in [0.2, 0.25) is 0 Å². The normalized spacial score (nSPS) is 41.7. The molecule has 1 amide bonds.